The number of hydrogen-bond acceptors (Lipinski definition) is 2. The Morgan fingerprint density at radius 3 is 2.61 bits per heavy atom. The van der Waals surface area contributed by atoms with E-state index in [1.54, 1.807) is 6.07 Å². The number of rotatable bonds is 2. The van der Waals surface area contributed by atoms with Crippen LogP contribution in [0.2, 0.25) is 0 Å². The molecular weight excluding hydrogens is 299 g/mol. The van der Waals surface area contributed by atoms with Crippen LogP contribution in [0.1, 0.15) is 32.1 Å². The zero-order chi connectivity index (χ0) is 13.2. The molecule has 1 fully saturated rings. The summed E-state index contributed by atoms with van der Waals surface area (Å²) in [6.07, 6.45) is 4.52. The summed E-state index contributed by atoms with van der Waals surface area (Å²) in [5.41, 5.74) is 5.90. The third kappa shape index (κ3) is 2.90. The van der Waals surface area contributed by atoms with Crippen LogP contribution in [0.3, 0.4) is 0 Å². The van der Waals surface area contributed by atoms with Crippen molar-refractivity contribution in [3.05, 3.63) is 28.5 Å². The highest BCUT2D eigenvalue weighted by Gasteiger charge is 2.35. The van der Waals surface area contributed by atoms with E-state index in [2.05, 4.69) is 21.2 Å². The van der Waals surface area contributed by atoms with Gasteiger partial charge in [0, 0.05) is 5.69 Å². The molecule has 3 N–H and O–H groups in total. The summed E-state index contributed by atoms with van der Waals surface area (Å²) < 4.78 is 13.4. The monoisotopic (exact) mass is 314 g/mol. The van der Waals surface area contributed by atoms with Gasteiger partial charge in [0.15, 0.2) is 0 Å². The molecule has 18 heavy (non-hydrogen) atoms. The maximum absolute atomic E-state index is 13.1. The van der Waals surface area contributed by atoms with Gasteiger partial charge in [-0.05, 0) is 47.0 Å². The van der Waals surface area contributed by atoms with Gasteiger partial charge in [0.25, 0.3) is 0 Å². The van der Waals surface area contributed by atoms with Crippen molar-refractivity contribution in [1.29, 1.82) is 0 Å². The highest BCUT2D eigenvalue weighted by molar-refractivity contribution is 9.10. The van der Waals surface area contributed by atoms with E-state index in [4.69, 9.17) is 5.73 Å². The van der Waals surface area contributed by atoms with E-state index in [0.717, 1.165) is 19.3 Å². The molecule has 0 bridgehead atoms. The van der Waals surface area contributed by atoms with E-state index in [9.17, 15) is 9.18 Å². The van der Waals surface area contributed by atoms with Crippen molar-refractivity contribution in [3.8, 4) is 0 Å². The molecule has 0 saturated heterocycles. The van der Waals surface area contributed by atoms with Gasteiger partial charge in [-0.1, -0.05) is 19.3 Å². The van der Waals surface area contributed by atoms with Crippen LogP contribution in [0.4, 0.5) is 10.1 Å². The molecule has 1 aliphatic rings. The minimum absolute atomic E-state index is 0.180. The fourth-order valence-corrected chi connectivity index (χ4v) is 2.62. The molecule has 1 saturated carbocycles. The van der Waals surface area contributed by atoms with Gasteiger partial charge in [-0.25, -0.2) is 4.39 Å². The molecule has 2 rings (SSSR count). The maximum Gasteiger partial charge on any atom is 0.244 e. The highest BCUT2D eigenvalue weighted by Crippen LogP contribution is 2.28. The van der Waals surface area contributed by atoms with E-state index in [0.29, 0.717) is 23.0 Å². The number of nitrogens with one attached hydrogen (secondary N) is 1. The Balaban J connectivity index is 2.08. The summed E-state index contributed by atoms with van der Waals surface area (Å²) >= 11 is 3.09. The molecule has 0 aromatic heterocycles. The molecule has 0 aliphatic heterocycles. The van der Waals surface area contributed by atoms with Gasteiger partial charge in [0.2, 0.25) is 5.91 Å². The van der Waals surface area contributed by atoms with Crippen LogP contribution in [0.25, 0.3) is 0 Å². The Morgan fingerprint density at radius 1 is 1.33 bits per heavy atom. The van der Waals surface area contributed by atoms with Crippen LogP contribution < -0.4 is 11.1 Å². The lowest BCUT2D eigenvalue weighted by atomic mass is 9.82. The van der Waals surface area contributed by atoms with Crippen LogP contribution in [0, 0.1) is 5.82 Å². The van der Waals surface area contributed by atoms with Crippen LogP contribution in [-0.2, 0) is 4.79 Å². The fourth-order valence-electron chi connectivity index (χ4n) is 2.24. The van der Waals surface area contributed by atoms with Crippen LogP contribution in [-0.4, -0.2) is 11.4 Å². The van der Waals surface area contributed by atoms with Crippen molar-refractivity contribution in [3.63, 3.8) is 0 Å². The molecule has 1 aromatic carbocycles. The first-order valence-electron chi connectivity index (χ1n) is 6.07. The number of amides is 1. The van der Waals surface area contributed by atoms with Crippen LogP contribution in [0.5, 0.6) is 0 Å². The van der Waals surface area contributed by atoms with Crippen molar-refractivity contribution in [2.75, 3.05) is 5.32 Å². The van der Waals surface area contributed by atoms with Crippen LogP contribution in [0.15, 0.2) is 22.7 Å². The quantitative estimate of drug-likeness (QED) is 0.880. The maximum atomic E-state index is 13.1. The summed E-state index contributed by atoms with van der Waals surface area (Å²) in [5.74, 6) is -0.533. The van der Waals surface area contributed by atoms with Gasteiger partial charge >= 0.3 is 0 Å². The van der Waals surface area contributed by atoms with Crippen molar-refractivity contribution >= 4 is 27.5 Å². The molecule has 1 amide bonds. The second kappa shape index (κ2) is 5.36. The molecule has 0 unspecified atom stereocenters. The molecule has 3 nitrogen and oxygen atoms in total. The van der Waals surface area contributed by atoms with Gasteiger partial charge in [0.05, 0.1) is 10.0 Å². The second-order valence-corrected chi connectivity index (χ2v) is 5.65. The number of anilines is 1. The summed E-state index contributed by atoms with van der Waals surface area (Å²) in [4.78, 5) is 12.1. The number of halogens is 2. The summed E-state index contributed by atoms with van der Waals surface area (Å²) in [6.45, 7) is 0. The summed E-state index contributed by atoms with van der Waals surface area (Å²) in [5, 5.41) is 2.76. The topological polar surface area (TPSA) is 55.1 Å². The number of hydrogen-bond donors (Lipinski definition) is 2. The first kappa shape index (κ1) is 13.5. The van der Waals surface area contributed by atoms with Gasteiger partial charge in [-0.3, -0.25) is 4.79 Å². The minimum atomic E-state index is -0.779. The molecule has 5 heteroatoms. The van der Waals surface area contributed by atoms with E-state index in [1.165, 1.54) is 12.1 Å². The smallest absolute Gasteiger partial charge is 0.244 e. The van der Waals surface area contributed by atoms with E-state index < -0.39 is 5.54 Å². The average Bonchev–Trinajstić information content (AvgIpc) is 2.35. The molecular formula is C13H16BrFN2O. The highest BCUT2D eigenvalue weighted by atomic mass is 79.9. The van der Waals surface area contributed by atoms with E-state index >= 15 is 0 Å². The predicted octanol–water partition coefficient (Wildman–Crippen LogP) is 3.19. The van der Waals surface area contributed by atoms with Crippen LogP contribution >= 0.6 is 15.9 Å². The number of benzene rings is 1. The van der Waals surface area contributed by atoms with Gasteiger partial charge in [-0.2, -0.15) is 0 Å². The van der Waals surface area contributed by atoms with Crippen molar-refractivity contribution < 1.29 is 9.18 Å². The number of carbonyl (C=O) groups excluding carboxylic acids is 1. The molecule has 0 atom stereocenters. The fraction of sp³-hybridized carbons (Fsp3) is 0.462. The van der Waals surface area contributed by atoms with Gasteiger partial charge < -0.3 is 11.1 Å². The molecule has 0 spiro atoms. The summed E-state index contributed by atoms with van der Waals surface area (Å²) in [6, 6.07) is 4.38. The lowest BCUT2D eigenvalue weighted by Gasteiger charge is -2.31. The molecule has 0 radical (unpaired) electrons. The molecule has 0 heterocycles. The third-order valence-electron chi connectivity index (χ3n) is 3.38. The largest absolute Gasteiger partial charge is 0.324 e. The SMILES string of the molecule is NC1(C(=O)Nc2ccc(F)c(Br)c2)CCCCC1. The summed E-state index contributed by atoms with van der Waals surface area (Å²) in [7, 11) is 0. The van der Waals surface area contributed by atoms with Crippen molar-refractivity contribution in [1.82, 2.24) is 0 Å². The Morgan fingerprint density at radius 2 is 2.00 bits per heavy atom. The lowest BCUT2D eigenvalue weighted by molar-refractivity contribution is -0.122. The molecule has 1 aliphatic carbocycles. The van der Waals surface area contributed by atoms with E-state index in [-0.39, 0.29) is 11.7 Å². The average molecular weight is 315 g/mol. The van der Waals surface area contributed by atoms with E-state index in [1.807, 2.05) is 0 Å². The van der Waals surface area contributed by atoms with Gasteiger partial charge in [-0.15, -0.1) is 0 Å². The second-order valence-electron chi connectivity index (χ2n) is 4.80. The zero-order valence-corrected chi connectivity index (χ0v) is 11.6. The van der Waals surface area contributed by atoms with Gasteiger partial charge in [0.1, 0.15) is 5.82 Å². The molecule has 98 valence electrons. The van der Waals surface area contributed by atoms with Crippen molar-refractivity contribution in [2.24, 2.45) is 5.73 Å². The van der Waals surface area contributed by atoms with Crippen molar-refractivity contribution in [2.45, 2.75) is 37.6 Å². The zero-order valence-electron chi connectivity index (χ0n) is 10.0. The standard InChI is InChI=1S/C13H16BrFN2O/c14-10-8-9(4-5-11(10)15)17-12(18)13(16)6-2-1-3-7-13/h4-5,8H,1-3,6-7,16H2,(H,17,18). The predicted molar refractivity (Wildman–Crippen MR) is 72.7 cm³/mol. The Bertz CT molecular complexity index is 458. The third-order valence-corrected chi connectivity index (χ3v) is 3.98. The Kier molecular flexibility index (Phi) is 4.02. The first-order valence-corrected chi connectivity index (χ1v) is 6.86. The Labute approximate surface area is 114 Å². The lowest BCUT2D eigenvalue weighted by Crippen LogP contribution is -2.52. The first-order chi connectivity index (χ1) is 8.51. The Hall–Kier alpha value is -0.940. The minimum Gasteiger partial charge on any atom is -0.324 e. The molecule has 1 aromatic rings. The normalized spacial score (nSPS) is 18.4. The number of nitrogens with two attached hydrogens (primary N) is 1. The number of carbonyl (C=O) groups is 1.